The lowest BCUT2D eigenvalue weighted by Crippen LogP contribution is -2.54. The molecule has 0 bridgehead atoms. The summed E-state index contributed by atoms with van der Waals surface area (Å²) in [5.74, 6) is 1.94. The smallest absolute Gasteiger partial charge is 0.234 e. The average molecular weight is 393 g/mol. The Bertz CT molecular complexity index is 525. The highest BCUT2D eigenvalue weighted by Crippen LogP contribution is 2.19. The second-order valence-electron chi connectivity index (χ2n) is 8.98. The van der Waals surface area contributed by atoms with Crippen LogP contribution in [0, 0.1) is 5.92 Å². The first-order valence-electron chi connectivity index (χ1n) is 11.3. The van der Waals surface area contributed by atoms with Crippen LogP contribution in [-0.4, -0.2) is 97.6 Å². The molecular weight excluding hydrogens is 352 g/mol. The van der Waals surface area contributed by atoms with Crippen molar-refractivity contribution in [1.29, 1.82) is 0 Å². The molecule has 0 unspecified atom stereocenters. The maximum absolute atomic E-state index is 12.0. The summed E-state index contributed by atoms with van der Waals surface area (Å²) in [5, 5.41) is 6.57. The van der Waals surface area contributed by atoms with E-state index in [-0.39, 0.29) is 5.91 Å². The van der Waals surface area contributed by atoms with Gasteiger partial charge < -0.3 is 15.5 Å². The molecule has 0 radical (unpaired) electrons. The van der Waals surface area contributed by atoms with Crippen LogP contribution in [0.4, 0.5) is 0 Å². The van der Waals surface area contributed by atoms with Crippen LogP contribution in [0.3, 0.4) is 0 Å². The first kappa shape index (κ1) is 21.4. The number of amides is 1. The summed E-state index contributed by atoms with van der Waals surface area (Å²) in [6.45, 7) is 15.2. The van der Waals surface area contributed by atoms with Crippen LogP contribution in [0.25, 0.3) is 0 Å². The van der Waals surface area contributed by atoms with Crippen LogP contribution in [0.1, 0.15) is 46.5 Å². The molecule has 3 rings (SSSR count). The van der Waals surface area contributed by atoms with Crippen LogP contribution < -0.4 is 10.6 Å². The second-order valence-corrected chi connectivity index (χ2v) is 8.98. The molecule has 2 saturated heterocycles. The fraction of sp³-hybridized carbons (Fsp3) is 0.905. The molecule has 1 amide bonds. The van der Waals surface area contributed by atoms with Gasteiger partial charge in [-0.15, -0.1) is 0 Å². The number of likely N-dealkylation sites (tertiary alicyclic amines) is 1. The van der Waals surface area contributed by atoms with E-state index in [2.05, 4.69) is 46.1 Å². The highest BCUT2D eigenvalue weighted by Gasteiger charge is 2.27. The van der Waals surface area contributed by atoms with Gasteiger partial charge in [-0.2, -0.15) is 0 Å². The number of nitrogens with one attached hydrogen (secondary N) is 2. The normalized spacial score (nSPS) is 24.8. The largest absolute Gasteiger partial charge is 0.357 e. The summed E-state index contributed by atoms with van der Waals surface area (Å²) in [5.41, 5.74) is 0. The predicted molar refractivity (Wildman–Crippen MR) is 115 cm³/mol. The molecule has 7 heteroatoms. The average Bonchev–Trinajstić information content (AvgIpc) is 3.36. The van der Waals surface area contributed by atoms with E-state index in [0.29, 0.717) is 24.5 Å². The van der Waals surface area contributed by atoms with Gasteiger partial charge in [0.05, 0.1) is 13.1 Å². The zero-order valence-electron chi connectivity index (χ0n) is 18.1. The quantitative estimate of drug-likeness (QED) is 0.476. The van der Waals surface area contributed by atoms with Crippen LogP contribution >= 0.6 is 0 Å². The molecule has 3 aliphatic rings. The number of aliphatic imine (C=N–C) groups is 1. The number of carbonyl (C=O) groups is 1. The number of carbonyl (C=O) groups excluding carboxylic acids is 1. The highest BCUT2D eigenvalue weighted by molar-refractivity contribution is 5.80. The molecule has 3 fully saturated rings. The first-order chi connectivity index (χ1) is 13.5. The number of piperazine rings is 1. The van der Waals surface area contributed by atoms with Crippen molar-refractivity contribution in [2.24, 2.45) is 10.9 Å². The van der Waals surface area contributed by atoms with Crippen LogP contribution in [0.15, 0.2) is 4.99 Å². The molecule has 7 nitrogen and oxygen atoms in total. The Morgan fingerprint density at radius 1 is 1.11 bits per heavy atom. The zero-order valence-corrected chi connectivity index (χ0v) is 18.1. The summed E-state index contributed by atoms with van der Waals surface area (Å²) in [4.78, 5) is 24.3. The fourth-order valence-corrected chi connectivity index (χ4v) is 4.25. The molecule has 0 spiro atoms. The van der Waals surface area contributed by atoms with Crippen molar-refractivity contribution in [1.82, 2.24) is 25.3 Å². The van der Waals surface area contributed by atoms with E-state index in [1.807, 2.05) is 0 Å². The van der Waals surface area contributed by atoms with Gasteiger partial charge in [0.1, 0.15) is 0 Å². The van der Waals surface area contributed by atoms with Crippen molar-refractivity contribution in [3.8, 4) is 0 Å². The van der Waals surface area contributed by atoms with E-state index in [0.717, 1.165) is 58.1 Å². The van der Waals surface area contributed by atoms with Crippen molar-refractivity contribution >= 4 is 11.9 Å². The molecular formula is C21H40N6O. The minimum Gasteiger partial charge on any atom is -0.357 e. The molecule has 28 heavy (non-hydrogen) atoms. The first-order valence-corrected chi connectivity index (χ1v) is 11.3. The van der Waals surface area contributed by atoms with Crippen LogP contribution in [-0.2, 0) is 4.79 Å². The number of nitrogens with zero attached hydrogens (tertiary/aromatic N) is 4. The molecule has 1 aliphatic carbocycles. The van der Waals surface area contributed by atoms with E-state index >= 15 is 0 Å². The molecule has 0 aromatic heterocycles. The van der Waals surface area contributed by atoms with E-state index in [1.165, 1.54) is 25.9 Å². The van der Waals surface area contributed by atoms with Crippen molar-refractivity contribution < 1.29 is 4.79 Å². The molecule has 0 aromatic carbocycles. The van der Waals surface area contributed by atoms with Gasteiger partial charge >= 0.3 is 0 Å². The lowest BCUT2D eigenvalue weighted by molar-refractivity contribution is -0.122. The third-order valence-corrected chi connectivity index (χ3v) is 5.87. The van der Waals surface area contributed by atoms with E-state index in [1.54, 1.807) is 0 Å². The van der Waals surface area contributed by atoms with Crippen molar-refractivity contribution in [2.75, 3.05) is 58.9 Å². The summed E-state index contributed by atoms with van der Waals surface area (Å²) >= 11 is 0. The van der Waals surface area contributed by atoms with Gasteiger partial charge in [0, 0.05) is 51.4 Å². The number of hydrogen-bond acceptors (Lipinski definition) is 4. The molecule has 2 heterocycles. The molecule has 1 saturated carbocycles. The van der Waals surface area contributed by atoms with Crippen LogP contribution in [0.2, 0.25) is 0 Å². The third kappa shape index (κ3) is 6.62. The Morgan fingerprint density at radius 2 is 1.86 bits per heavy atom. The highest BCUT2D eigenvalue weighted by atomic mass is 16.2. The monoisotopic (exact) mass is 392 g/mol. The van der Waals surface area contributed by atoms with Crippen molar-refractivity contribution in [3.05, 3.63) is 0 Å². The Hall–Kier alpha value is -1.34. The maximum Gasteiger partial charge on any atom is 0.234 e. The number of guanidine groups is 1. The molecule has 2 aliphatic heterocycles. The van der Waals surface area contributed by atoms with E-state index in [9.17, 15) is 4.79 Å². The lowest BCUT2D eigenvalue weighted by Gasteiger charge is -2.36. The van der Waals surface area contributed by atoms with Gasteiger partial charge in [0.2, 0.25) is 5.91 Å². The third-order valence-electron chi connectivity index (χ3n) is 5.87. The standard InChI is InChI=1S/C21H40N6O/c1-4-22-21(23-14-19-6-5-9-27(19)15-17(2)3)26-12-10-25(11-13-26)16-20(28)24-18-7-8-18/h17-19H,4-16H2,1-3H3,(H,22,23)(H,24,28)/t19-/m1/s1. The summed E-state index contributed by atoms with van der Waals surface area (Å²) in [7, 11) is 0. The Labute approximate surface area is 170 Å². The Kier molecular flexibility index (Phi) is 7.97. The molecule has 160 valence electrons. The van der Waals surface area contributed by atoms with E-state index in [4.69, 9.17) is 4.99 Å². The van der Waals surface area contributed by atoms with Gasteiger partial charge in [-0.1, -0.05) is 13.8 Å². The Balaban J connectivity index is 1.46. The summed E-state index contributed by atoms with van der Waals surface area (Å²) < 4.78 is 0. The van der Waals surface area contributed by atoms with Crippen LogP contribution in [0.5, 0.6) is 0 Å². The van der Waals surface area contributed by atoms with Crippen molar-refractivity contribution in [2.45, 2.75) is 58.5 Å². The van der Waals surface area contributed by atoms with E-state index < -0.39 is 0 Å². The van der Waals surface area contributed by atoms with Gasteiger partial charge in [0.25, 0.3) is 0 Å². The Morgan fingerprint density at radius 3 is 2.50 bits per heavy atom. The summed E-state index contributed by atoms with van der Waals surface area (Å²) in [6, 6.07) is 1.04. The number of hydrogen-bond donors (Lipinski definition) is 2. The molecule has 0 aromatic rings. The minimum atomic E-state index is 0.183. The SMILES string of the molecule is CCNC(=NC[C@H]1CCCN1CC(C)C)N1CCN(CC(=O)NC2CC2)CC1. The van der Waals surface area contributed by atoms with Gasteiger partial charge in [-0.3, -0.25) is 19.6 Å². The minimum absolute atomic E-state index is 0.183. The van der Waals surface area contributed by atoms with Crippen molar-refractivity contribution in [3.63, 3.8) is 0 Å². The van der Waals surface area contributed by atoms with Gasteiger partial charge in [-0.25, -0.2) is 0 Å². The molecule has 1 atom stereocenters. The predicted octanol–water partition coefficient (Wildman–Crippen LogP) is 0.969. The fourth-order valence-electron chi connectivity index (χ4n) is 4.25. The van der Waals surface area contributed by atoms with Gasteiger partial charge in [-0.05, 0) is 45.1 Å². The topological polar surface area (TPSA) is 63.2 Å². The number of rotatable bonds is 8. The zero-order chi connectivity index (χ0) is 19.9. The van der Waals surface area contributed by atoms with Gasteiger partial charge in [0.15, 0.2) is 5.96 Å². The lowest BCUT2D eigenvalue weighted by atomic mass is 10.2. The molecule has 2 N–H and O–H groups in total. The summed E-state index contributed by atoms with van der Waals surface area (Å²) in [6.07, 6.45) is 4.86. The second kappa shape index (κ2) is 10.4. The maximum atomic E-state index is 12.0.